The summed E-state index contributed by atoms with van der Waals surface area (Å²) in [6.07, 6.45) is 0. The van der Waals surface area contributed by atoms with Crippen molar-refractivity contribution in [3.8, 4) is 11.4 Å². The smallest absolute Gasteiger partial charge is 0.152 e. The van der Waals surface area contributed by atoms with Crippen molar-refractivity contribution in [3.05, 3.63) is 82.9 Å². The molecule has 2 unspecified atom stereocenters. The summed E-state index contributed by atoms with van der Waals surface area (Å²) < 4.78 is 30.0. The Kier molecular flexibility index (Phi) is 7.32. The maximum absolute atomic E-state index is 14.0. The summed E-state index contributed by atoms with van der Waals surface area (Å²) in [5.41, 5.74) is 3.60. The summed E-state index contributed by atoms with van der Waals surface area (Å²) in [5.74, 6) is -2.06. The van der Waals surface area contributed by atoms with E-state index in [1.165, 1.54) is 24.3 Å². The second-order valence-electron chi connectivity index (χ2n) is 7.71. The lowest BCUT2D eigenvalue weighted by Crippen LogP contribution is -2.27. The van der Waals surface area contributed by atoms with Crippen molar-refractivity contribution in [2.75, 3.05) is 10.7 Å². The van der Waals surface area contributed by atoms with E-state index in [0.29, 0.717) is 44.8 Å². The number of hydrogen-bond donors (Lipinski definition) is 0. The van der Waals surface area contributed by atoms with Crippen LogP contribution in [0.1, 0.15) is 34.6 Å². The summed E-state index contributed by atoms with van der Waals surface area (Å²) >= 11 is 6.99. The number of benzene rings is 2. The van der Waals surface area contributed by atoms with Gasteiger partial charge < -0.3 is 0 Å². The highest BCUT2D eigenvalue weighted by molar-refractivity contribution is 9.09. The van der Waals surface area contributed by atoms with Crippen LogP contribution < -0.4 is 0 Å². The fraction of sp³-hybridized carbons (Fsp3) is 0.261. The highest BCUT2D eigenvalue weighted by Gasteiger charge is 2.35. The van der Waals surface area contributed by atoms with Gasteiger partial charge in [-0.3, -0.25) is 4.79 Å². The van der Waals surface area contributed by atoms with Gasteiger partial charge in [0.1, 0.15) is 11.6 Å². The van der Waals surface area contributed by atoms with Gasteiger partial charge in [0, 0.05) is 10.7 Å². The number of halogens is 4. The van der Waals surface area contributed by atoms with Crippen molar-refractivity contribution >= 4 is 37.6 Å². The van der Waals surface area contributed by atoms with Gasteiger partial charge in [0.25, 0.3) is 0 Å². The average Bonchev–Trinajstić information content (AvgIpc) is 3.39. The molecule has 0 bridgehead atoms. The molecule has 2 aromatic heterocycles. The highest BCUT2D eigenvalue weighted by atomic mass is 79.9. The van der Waals surface area contributed by atoms with Crippen molar-refractivity contribution in [1.82, 2.24) is 30.0 Å². The third-order valence-electron chi connectivity index (χ3n) is 5.56. The molecule has 2 atom stereocenters. The molecule has 0 radical (unpaired) electrons. The van der Waals surface area contributed by atoms with Crippen molar-refractivity contribution in [2.24, 2.45) is 0 Å². The largest absolute Gasteiger partial charge is 0.298 e. The minimum atomic E-state index is -0.612. The molecule has 0 saturated heterocycles. The van der Waals surface area contributed by atoms with Crippen LogP contribution in [0.2, 0.25) is 0 Å². The van der Waals surface area contributed by atoms with Gasteiger partial charge in [0.15, 0.2) is 5.78 Å². The third-order valence-corrected chi connectivity index (χ3v) is 6.86. The molecule has 7 nitrogen and oxygen atoms in total. The van der Waals surface area contributed by atoms with Gasteiger partial charge in [-0.2, -0.15) is 0 Å². The molecule has 4 aromatic rings. The zero-order chi connectivity index (χ0) is 24.4. The lowest BCUT2D eigenvalue weighted by Gasteiger charge is -2.22. The molecule has 0 amide bonds. The lowest BCUT2D eigenvalue weighted by atomic mass is 9.89. The second kappa shape index (κ2) is 10.2. The highest BCUT2D eigenvalue weighted by Crippen LogP contribution is 2.33. The Balaban J connectivity index is 1.77. The lowest BCUT2D eigenvalue weighted by molar-refractivity contribution is -0.121. The molecule has 4 rings (SSSR count). The van der Waals surface area contributed by atoms with E-state index in [2.05, 4.69) is 52.5 Å². The quantitative estimate of drug-likeness (QED) is 0.270. The summed E-state index contributed by atoms with van der Waals surface area (Å²) in [6, 6.07) is 11.7. The molecular formula is C23H20Br2F2N6O. The Morgan fingerprint density at radius 2 is 1.12 bits per heavy atom. The number of aryl methyl sites for hydroxylation is 2. The molecule has 176 valence electrons. The molecule has 2 heterocycles. The first-order valence-electron chi connectivity index (χ1n) is 10.4. The van der Waals surface area contributed by atoms with Crippen molar-refractivity contribution in [3.63, 3.8) is 0 Å². The van der Waals surface area contributed by atoms with Crippen LogP contribution in [-0.2, 0) is 4.79 Å². The van der Waals surface area contributed by atoms with Crippen LogP contribution in [0.5, 0.6) is 0 Å². The Hall–Kier alpha value is -2.79. The van der Waals surface area contributed by atoms with Crippen LogP contribution in [0.15, 0.2) is 48.5 Å². The normalized spacial score (nSPS) is 13.1. The van der Waals surface area contributed by atoms with Crippen molar-refractivity contribution in [1.29, 1.82) is 0 Å². The van der Waals surface area contributed by atoms with Gasteiger partial charge >= 0.3 is 0 Å². The second-order valence-corrected chi connectivity index (χ2v) is 9.01. The zero-order valence-corrected chi connectivity index (χ0v) is 21.5. The van der Waals surface area contributed by atoms with Crippen LogP contribution in [0.3, 0.4) is 0 Å². The predicted octanol–water partition coefficient (Wildman–Crippen LogP) is 4.97. The van der Waals surface area contributed by atoms with Crippen LogP contribution in [-0.4, -0.2) is 46.4 Å². The fourth-order valence-corrected chi connectivity index (χ4v) is 5.14. The summed E-state index contributed by atoms with van der Waals surface area (Å²) in [4.78, 5) is 14.0. The van der Waals surface area contributed by atoms with Crippen LogP contribution >= 0.6 is 31.9 Å². The first kappa shape index (κ1) is 24.3. The van der Waals surface area contributed by atoms with E-state index >= 15 is 0 Å². The average molecular weight is 594 g/mol. The minimum absolute atomic E-state index is 0.101. The van der Waals surface area contributed by atoms with Crippen LogP contribution in [0.25, 0.3) is 11.4 Å². The number of nitrogens with zero attached hydrogens (tertiary/aromatic N) is 6. The SMILES string of the molecule is Cc1nnn(-c2ccc(F)cc2)c1C(CBr)C(=O)C(CBr)c1c(C)nnn1-c1ccc(F)cc1. The van der Waals surface area contributed by atoms with E-state index in [9.17, 15) is 13.6 Å². The maximum Gasteiger partial charge on any atom is 0.152 e. The number of alkyl halides is 2. The van der Waals surface area contributed by atoms with E-state index < -0.39 is 11.8 Å². The Bertz CT molecular complexity index is 1200. The predicted molar refractivity (Wildman–Crippen MR) is 130 cm³/mol. The standard InChI is InChI=1S/C23H20Br2F2N6O/c1-13-21(32(30-28-13)17-7-3-15(26)4-8-17)19(11-24)23(34)20(12-25)22-14(2)29-31-33(22)18-9-5-16(27)6-10-18/h3-10,19-20H,11-12H2,1-2H3. The number of hydrogen-bond acceptors (Lipinski definition) is 5. The van der Waals surface area contributed by atoms with E-state index in [1.54, 1.807) is 47.5 Å². The fourth-order valence-electron chi connectivity index (χ4n) is 3.89. The molecule has 0 fully saturated rings. The summed E-state index contributed by atoms with van der Waals surface area (Å²) in [7, 11) is 0. The third kappa shape index (κ3) is 4.58. The molecule has 0 saturated carbocycles. The van der Waals surface area contributed by atoms with Crippen molar-refractivity contribution in [2.45, 2.75) is 25.7 Å². The maximum atomic E-state index is 14.0. The van der Waals surface area contributed by atoms with Gasteiger partial charge in [0.2, 0.25) is 0 Å². The number of rotatable bonds is 8. The van der Waals surface area contributed by atoms with Crippen LogP contribution in [0.4, 0.5) is 8.78 Å². The first-order chi connectivity index (χ1) is 16.3. The number of ketones is 1. The monoisotopic (exact) mass is 592 g/mol. The Labute approximate surface area is 211 Å². The van der Waals surface area contributed by atoms with Gasteiger partial charge in [-0.05, 0) is 62.4 Å². The molecular weight excluding hydrogens is 574 g/mol. The van der Waals surface area contributed by atoms with Gasteiger partial charge in [-0.25, -0.2) is 18.1 Å². The molecule has 0 aliphatic heterocycles. The van der Waals surface area contributed by atoms with Gasteiger partial charge in [-0.15, -0.1) is 10.2 Å². The number of carbonyl (C=O) groups is 1. The van der Waals surface area contributed by atoms with E-state index in [-0.39, 0.29) is 17.4 Å². The molecule has 34 heavy (non-hydrogen) atoms. The molecule has 0 aliphatic rings. The summed E-state index contributed by atoms with van der Waals surface area (Å²) in [5, 5.41) is 17.4. The molecule has 2 aromatic carbocycles. The topological polar surface area (TPSA) is 78.5 Å². The van der Waals surface area contributed by atoms with E-state index in [4.69, 9.17) is 0 Å². The van der Waals surface area contributed by atoms with Crippen molar-refractivity contribution < 1.29 is 13.6 Å². The molecule has 0 aliphatic carbocycles. The summed E-state index contributed by atoms with van der Waals surface area (Å²) in [6.45, 7) is 3.56. The van der Waals surface area contributed by atoms with Crippen LogP contribution in [0, 0.1) is 25.5 Å². The van der Waals surface area contributed by atoms with Gasteiger partial charge in [0.05, 0.1) is 46.0 Å². The Morgan fingerprint density at radius 3 is 1.44 bits per heavy atom. The molecule has 0 spiro atoms. The Morgan fingerprint density at radius 1 is 0.765 bits per heavy atom. The zero-order valence-electron chi connectivity index (χ0n) is 18.3. The van der Waals surface area contributed by atoms with E-state index in [1.807, 2.05) is 0 Å². The number of Topliss-reactive ketones (excluding diaryl/α,β-unsaturated/α-hetero) is 1. The number of aromatic nitrogens is 6. The van der Waals surface area contributed by atoms with Gasteiger partial charge in [-0.1, -0.05) is 42.3 Å². The molecule has 11 heteroatoms. The minimum Gasteiger partial charge on any atom is -0.298 e. The number of carbonyl (C=O) groups excluding carboxylic acids is 1. The first-order valence-corrected chi connectivity index (χ1v) is 12.6. The molecule has 0 N–H and O–H groups in total. The van der Waals surface area contributed by atoms with E-state index in [0.717, 1.165) is 0 Å².